The first kappa shape index (κ1) is 15.5. The number of esters is 1. The summed E-state index contributed by atoms with van der Waals surface area (Å²) in [6.07, 6.45) is 0.185. The van der Waals surface area contributed by atoms with Crippen LogP contribution in [0.2, 0.25) is 0 Å². The van der Waals surface area contributed by atoms with Gasteiger partial charge in [-0.1, -0.05) is 39.0 Å². The van der Waals surface area contributed by atoms with E-state index in [1.165, 1.54) is 11.3 Å². The molecule has 1 heterocycles. The smallest absolute Gasteiger partial charge is 0.310 e. The number of benzene rings is 1. The van der Waals surface area contributed by atoms with Crippen LogP contribution in [0.15, 0.2) is 29.6 Å². The highest BCUT2D eigenvalue weighted by atomic mass is 32.1. The van der Waals surface area contributed by atoms with Crippen LogP contribution in [0.4, 0.5) is 5.69 Å². The minimum Gasteiger partial charge on any atom is -0.458 e. The van der Waals surface area contributed by atoms with Crippen LogP contribution in [-0.2, 0) is 28.0 Å². The zero-order valence-corrected chi connectivity index (χ0v) is 13.4. The molecule has 0 spiro atoms. The van der Waals surface area contributed by atoms with E-state index in [1.807, 2.05) is 23.6 Å². The topological polar surface area (TPSA) is 65.2 Å². The van der Waals surface area contributed by atoms with Gasteiger partial charge in [-0.25, -0.2) is 4.98 Å². The zero-order chi connectivity index (χ0) is 15.5. The predicted molar refractivity (Wildman–Crippen MR) is 85.2 cm³/mol. The van der Waals surface area contributed by atoms with E-state index in [1.54, 1.807) is 6.07 Å². The van der Waals surface area contributed by atoms with Crippen molar-refractivity contribution in [2.45, 2.75) is 39.2 Å². The molecule has 2 N–H and O–H groups in total. The number of nitrogens with zero attached hydrogens (tertiary/aromatic N) is 1. The van der Waals surface area contributed by atoms with Crippen LogP contribution >= 0.6 is 11.3 Å². The molecular weight excluding hydrogens is 284 g/mol. The molecular formula is C16H20N2O2S. The van der Waals surface area contributed by atoms with Crippen LogP contribution in [0.25, 0.3) is 0 Å². The third kappa shape index (κ3) is 4.29. The van der Waals surface area contributed by atoms with Crippen molar-refractivity contribution in [3.05, 3.63) is 45.9 Å². The molecule has 0 aliphatic heterocycles. The van der Waals surface area contributed by atoms with Gasteiger partial charge in [0.05, 0.1) is 12.1 Å². The van der Waals surface area contributed by atoms with Crippen molar-refractivity contribution in [2.24, 2.45) is 0 Å². The van der Waals surface area contributed by atoms with E-state index in [0.29, 0.717) is 5.69 Å². The van der Waals surface area contributed by atoms with Crippen molar-refractivity contribution in [2.75, 3.05) is 5.73 Å². The number of rotatable bonds is 4. The van der Waals surface area contributed by atoms with E-state index in [-0.39, 0.29) is 24.4 Å². The summed E-state index contributed by atoms with van der Waals surface area (Å²) < 4.78 is 5.27. The van der Waals surface area contributed by atoms with Crippen molar-refractivity contribution in [1.82, 2.24) is 4.98 Å². The summed E-state index contributed by atoms with van der Waals surface area (Å²) in [7, 11) is 0. The van der Waals surface area contributed by atoms with Gasteiger partial charge in [-0.05, 0) is 11.6 Å². The fraction of sp³-hybridized carbons (Fsp3) is 0.375. The van der Waals surface area contributed by atoms with Crippen molar-refractivity contribution in [3.8, 4) is 0 Å². The number of hydrogen-bond acceptors (Lipinski definition) is 5. The quantitative estimate of drug-likeness (QED) is 0.695. The monoisotopic (exact) mass is 304 g/mol. The highest BCUT2D eigenvalue weighted by Crippen LogP contribution is 2.24. The van der Waals surface area contributed by atoms with Gasteiger partial charge in [-0.2, -0.15) is 0 Å². The first-order valence-electron chi connectivity index (χ1n) is 6.80. The third-order valence-corrected chi connectivity index (χ3v) is 3.89. The molecule has 2 rings (SSSR count). The van der Waals surface area contributed by atoms with Crippen molar-refractivity contribution in [1.29, 1.82) is 0 Å². The molecule has 4 nitrogen and oxygen atoms in total. The molecule has 0 bridgehead atoms. The molecule has 1 aromatic carbocycles. The molecule has 0 unspecified atom stereocenters. The fourth-order valence-corrected chi connectivity index (χ4v) is 2.70. The molecule has 0 atom stereocenters. The average Bonchev–Trinajstić information content (AvgIpc) is 2.88. The number of nitrogens with two attached hydrogens (primary N) is 1. The van der Waals surface area contributed by atoms with Gasteiger partial charge < -0.3 is 10.5 Å². The summed E-state index contributed by atoms with van der Waals surface area (Å²) in [5.41, 5.74) is 8.24. The third-order valence-electron chi connectivity index (χ3n) is 3.07. The summed E-state index contributed by atoms with van der Waals surface area (Å²) in [4.78, 5) is 16.3. The molecule has 21 heavy (non-hydrogen) atoms. The van der Waals surface area contributed by atoms with E-state index in [2.05, 4.69) is 25.8 Å². The molecule has 2 aromatic rings. The van der Waals surface area contributed by atoms with Crippen LogP contribution in [0.3, 0.4) is 0 Å². The summed E-state index contributed by atoms with van der Waals surface area (Å²) in [6.45, 7) is 6.54. The van der Waals surface area contributed by atoms with Gasteiger partial charge in [0.1, 0.15) is 11.6 Å². The maximum Gasteiger partial charge on any atom is 0.310 e. The first-order chi connectivity index (χ1) is 9.86. The largest absolute Gasteiger partial charge is 0.458 e. The number of nitrogen functional groups attached to an aromatic ring is 1. The Kier molecular flexibility index (Phi) is 4.63. The van der Waals surface area contributed by atoms with E-state index < -0.39 is 0 Å². The Balaban J connectivity index is 1.90. The number of para-hydroxylation sites is 1. The molecule has 5 heteroatoms. The Bertz CT molecular complexity index is 629. The molecule has 0 saturated carbocycles. The van der Waals surface area contributed by atoms with Crippen LogP contribution in [0.5, 0.6) is 0 Å². The lowest BCUT2D eigenvalue weighted by Gasteiger charge is -2.14. The van der Waals surface area contributed by atoms with Gasteiger partial charge in [0, 0.05) is 16.5 Å². The van der Waals surface area contributed by atoms with Gasteiger partial charge in [-0.15, -0.1) is 11.3 Å². The van der Waals surface area contributed by atoms with Gasteiger partial charge in [0.15, 0.2) is 0 Å². The molecule has 112 valence electrons. The van der Waals surface area contributed by atoms with Crippen molar-refractivity contribution >= 4 is 23.0 Å². The lowest BCUT2D eigenvalue weighted by molar-refractivity contribution is -0.144. The Labute approximate surface area is 129 Å². The summed E-state index contributed by atoms with van der Waals surface area (Å²) in [5.74, 6) is -0.291. The van der Waals surface area contributed by atoms with Gasteiger partial charge in [-0.3, -0.25) is 4.79 Å². The lowest BCUT2D eigenvalue weighted by atomic mass is 9.93. The number of carbonyl (C=O) groups is 1. The Morgan fingerprint density at radius 3 is 2.67 bits per heavy atom. The summed E-state index contributed by atoms with van der Waals surface area (Å²) in [6, 6.07) is 7.31. The van der Waals surface area contributed by atoms with Crippen molar-refractivity contribution in [3.63, 3.8) is 0 Å². The second-order valence-electron chi connectivity index (χ2n) is 5.91. The van der Waals surface area contributed by atoms with E-state index in [9.17, 15) is 4.79 Å². The van der Waals surface area contributed by atoms with Gasteiger partial charge >= 0.3 is 5.97 Å². The standard InChI is InChI=1S/C16H20N2O2S/c1-16(2,3)13-10-21-14(18-13)9-20-15(19)8-11-6-4-5-7-12(11)17/h4-7,10H,8-9,17H2,1-3H3. The van der Waals surface area contributed by atoms with E-state index >= 15 is 0 Å². The Hall–Kier alpha value is -1.88. The van der Waals surface area contributed by atoms with Gasteiger partial charge in [0.25, 0.3) is 0 Å². The SMILES string of the molecule is CC(C)(C)c1csc(COC(=O)Cc2ccccc2N)n1. The van der Waals surface area contributed by atoms with Gasteiger partial charge in [0.2, 0.25) is 0 Å². The number of anilines is 1. The van der Waals surface area contributed by atoms with Crippen LogP contribution < -0.4 is 5.73 Å². The minimum absolute atomic E-state index is 0.0112. The zero-order valence-electron chi connectivity index (χ0n) is 12.6. The average molecular weight is 304 g/mol. The fourth-order valence-electron chi connectivity index (χ4n) is 1.77. The van der Waals surface area contributed by atoms with Crippen LogP contribution in [0.1, 0.15) is 37.0 Å². The van der Waals surface area contributed by atoms with Crippen LogP contribution in [0, 0.1) is 0 Å². The first-order valence-corrected chi connectivity index (χ1v) is 7.68. The van der Waals surface area contributed by atoms with Crippen molar-refractivity contribution < 1.29 is 9.53 Å². The second kappa shape index (κ2) is 6.26. The van der Waals surface area contributed by atoms with Crippen LogP contribution in [-0.4, -0.2) is 11.0 Å². The number of ether oxygens (including phenoxy) is 1. The highest BCUT2D eigenvalue weighted by molar-refractivity contribution is 7.09. The molecule has 0 saturated heterocycles. The number of hydrogen-bond donors (Lipinski definition) is 1. The number of carbonyl (C=O) groups excluding carboxylic acids is 1. The normalized spacial score (nSPS) is 11.4. The second-order valence-corrected chi connectivity index (χ2v) is 6.86. The summed E-state index contributed by atoms with van der Waals surface area (Å²) in [5, 5.41) is 2.83. The Morgan fingerprint density at radius 1 is 1.33 bits per heavy atom. The Morgan fingerprint density at radius 2 is 2.05 bits per heavy atom. The molecule has 0 aliphatic rings. The maximum absolute atomic E-state index is 11.8. The molecule has 0 amide bonds. The molecule has 0 aliphatic carbocycles. The molecule has 0 radical (unpaired) electrons. The highest BCUT2D eigenvalue weighted by Gasteiger charge is 2.18. The molecule has 0 fully saturated rings. The van der Waals surface area contributed by atoms with E-state index in [0.717, 1.165) is 16.3 Å². The molecule has 1 aromatic heterocycles. The number of thiazole rings is 1. The lowest BCUT2D eigenvalue weighted by Crippen LogP contribution is -2.12. The van der Waals surface area contributed by atoms with E-state index in [4.69, 9.17) is 10.5 Å². The minimum atomic E-state index is -0.291. The summed E-state index contributed by atoms with van der Waals surface area (Å²) >= 11 is 1.51. The predicted octanol–water partition coefficient (Wildman–Crippen LogP) is 3.31. The number of aromatic nitrogens is 1. The maximum atomic E-state index is 11.8.